The van der Waals surface area contributed by atoms with E-state index in [4.69, 9.17) is 15.2 Å². The predicted octanol–water partition coefficient (Wildman–Crippen LogP) is 3.89. The van der Waals surface area contributed by atoms with Crippen LogP contribution in [0.2, 0.25) is 0 Å². The van der Waals surface area contributed by atoms with Gasteiger partial charge in [0.2, 0.25) is 0 Å². The Bertz CT molecular complexity index is 729. The highest BCUT2D eigenvalue weighted by Gasteiger charge is 2.30. The fraction of sp³-hybridized carbons (Fsp3) is 0.381. The van der Waals surface area contributed by atoms with Crippen LogP contribution in [0.25, 0.3) is 0 Å². The fourth-order valence-electron chi connectivity index (χ4n) is 3.49. The third-order valence-corrected chi connectivity index (χ3v) is 5.07. The average Bonchev–Trinajstić information content (AvgIpc) is 2.65. The first-order chi connectivity index (χ1) is 12.1. The van der Waals surface area contributed by atoms with Crippen molar-refractivity contribution >= 4 is 5.97 Å². The summed E-state index contributed by atoms with van der Waals surface area (Å²) in [6.07, 6.45) is 2.38. The Balaban J connectivity index is 1.72. The zero-order chi connectivity index (χ0) is 17.8. The molecule has 0 radical (unpaired) electrons. The molecule has 3 atom stereocenters. The lowest BCUT2D eigenvalue weighted by atomic mass is 9.85. The summed E-state index contributed by atoms with van der Waals surface area (Å²) in [4.78, 5) is 12.0. The second kappa shape index (κ2) is 7.70. The lowest BCUT2D eigenvalue weighted by Crippen LogP contribution is -2.40. The predicted molar refractivity (Wildman–Crippen MR) is 97.7 cm³/mol. The summed E-state index contributed by atoms with van der Waals surface area (Å²) < 4.78 is 10.8. The molecule has 1 heterocycles. The van der Waals surface area contributed by atoms with Crippen LogP contribution in [0.3, 0.4) is 0 Å². The van der Waals surface area contributed by atoms with Gasteiger partial charge in [-0.05, 0) is 42.9 Å². The molecule has 1 aliphatic heterocycles. The van der Waals surface area contributed by atoms with Gasteiger partial charge < -0.3 is 9.47 Å². The summed E-state index contributed by atoms with van der Waals surface area (Å²) in [6.45, 7) is 2.23. The van der Waals surface area contributed by atoms with Crippen LogP contribution >= 0.6 is 0 Å². The van der Waals surface area contributed by atoms with Crippen molar-refractivity contribution in [2.45, 2.75) is 38.3 Å². The third kappa shape index (κ3) is 3.85. The van der Waals surface area contributed by atoms with E-state index in [1.807, 2.05) is 12.1 Å². The number of esters is 1. The van der Waals surface area contributed by atoms with E-state index in [0.717, 1.165) is 24.8 Å². The number of hydrogen-bond donors (Lipinski definition) is 1. The molecule has 3 rings (SSSR count). The molecule has 2 aromatic rings. The molecular weight excluding hydrogens is 314 g/mol. The molecule has 132 valence electrons. The first-order valence-electron chi connectivity index (χ1n) is 8.77. The van der Waals surface area contributed by atoms with Crippen molar-refractivity contribution < 1.29 is 14.3 Å². The van der Waals surface area contributed by atoms with Crippen LogP contribution in [-0.2, 0) is 11.2 Å². The highest BCUT2D eigenvalue weighted by atomic mass is 16.5. The standard InChI is InChI=1S/C21H25NO3/c1-14(15-7-4-3-5-8-15)11-12-16-13-18-17(21(23)24-2)9-6-10-19(18)25-20(16)22/h3-10,14,16,20H,11-13,22H2,1-2H3. The van der Waals surface area contributed by atoms with Gasteiger partial charge in [0.15, 0.2) is 6.23 Å². The topological polar surface area (TPSA) is 61.5 Å². The van der Waals surface area contributed by atoms with Gasteiger partial charge in [-0.2, -0.15) is 0 Å². The Kier molecular flexibility index (Phi) is 5.39. The summed E-state index contributed by atoms with van der Waals surface area (Å²) in [5.41, 5.74) is 9.06. The van der Waals surface area contributed by atoms with Gasteiger partial charge in [-0.3, -0.25) is 5.73 Å². The van der Waals surface area contributed by atoms with Crippen LogP contribution in [0.4, 0.5) is 0 Å². The van der Waals surface area contributed by atoms with Gasteiger partial charge in [-0.1, -0.05) is 43.3 Å². The molecule has 0 aromatic heterocycles. The van der Waals surface area contributed by atoms with Crippen LogP contribution < -0.4 is 10.5 Å². The zero-order valence-electron chi connectivity index (χ0n) is 14.8. The highest BCUT2D eigenvalue weighted by Crippen LogP contribution is 2.35. The van der Waals surface area contributed by atoms with Crippen molar-refractivity contribution in [3.63, 3.8) is 0 Å². The molecule has 2 N–H and O–H groups in total. The number of rotatable bonds is 5. The Hall–Kier alpha value is -2.33. The monoisotopic (exact) mass is 339 g/mol. The minimum absolute atomic E-state index is 0.185. The van der Waals surface area contributed by atoms with Crippen molar-refractivity contribution in [1.82, 2.24) is 0 Å². The fourth-order valence-corrected chi connectivity index (χ4v) is 3.49. The molecule has 0 bridgehead atoms. The summed E-state index contributed by atoms with van der Waals surface area (Å²) in [5.74, 6) is 1.02. The molecule has 4 nitrogen and oxygen atoms in total. The number of hydrogen-bond acceptors (Lipinski definition) is 4. The first kappa shape index (κ1) is 17.5. The lowest BCUT2D eigenvalue weighted by Gasteiger charge is -2.32. The van der Waals surface area contributed by atoms with Gasteiger partial charge >= 0.3 is 5.97 Å². The minimum atomic E-state index is -0.344. The van der Waals surface area contributed by atoms with Crippen LogP contribution in [0, 0.1) is 5.92 Å². The van der Waals surface area contributed by atoms with Gasteiger partial charge in [0.25, 0.3) is 0 Å². The quantitative estimate of drug-likeness (QED) is 0.840. The second-order valence-electron chi connectivity index (χ2n) is 6.71. The van der Waals surface area contributed by atoms with Crippen molar-refractivity contribution in [1.29, 1.82) is 0 Å². The van der Waals surface area contributed by atoms with E-state index in [1.54, 1.807) is 12.1 Å². The number of carbonyl (C=O) groups excluding carboxylic acids is 1. The summed E-state index contributed by atoms with van der Waals surface area (Å²) in [6, 6.07) is 15.9. The number of fused-ring (bicyclic) bond motifs is 1. The smallest absolute Gasteiger partial charge is 0.338 e. The van der Waals surface area contributed by atoms with Crippen molar-refractivity contribution in [2.24, 2.45) is 11.7 Å². The molecule has 4 heteroatoms. The normalized spacial score (nSPS) is 20.3. The van der Waals surface area contributed by atoms with Crippen molar-refractivity contribution in [3.8, 4) is 5.75 Å². The molecule has 0 aliphatic carbocycles. The van der Waals surface area contributed by atoms with Gasteiger partial charge in [0, 0.05) is 11.5 Å². The molecule has 0 saturated carbocycles. The van der Waals surface area contributed by atoms with E-state index in [9.17, 15) is 4.79 Å². The highest BCUT2D eigenvalue weighted by molar-refractivity contribution is 5.91. The second-order valence-corrected chi connectivity index (χ2v) is 6.71. The Labute approximate surface area is 148 Å². The minimum Gasteiger partial charge on any atom is -0.475 e. The van der Waals surface area contributed by atoms with Crippen molar-refractivity contribution in [3.05, 3.63) is 65.2 Å². The molecule has 0 fully saturated rings. The molecule has 1 aliphatic rings. The molecule has 2 aromatic carbocycles. The Morgan fingerprint density at radius 3 is 2.72 bits per heavy atom. The molecule has 25 heavy (non-hydrogen) atoms. The Morgan fingerprint density at radius 2 is 2.00 bits per heavy atom. The molecular formula is C21H25NO3. The number of nitrogens with two attached hydrogens (primary N) is 1. The maximum atomic E-state index is 12.0. The number of ether oxygens (including phenoxy) is 2. The van der Waals surface area contributed by atoms with Crippen LogP contribution in [0.5, 0.6) is 5.75 Å². The SMILES string of the molecule is COC(=O)c1cccc2c1CC(CCC(C)c1ccccc1)C(N)O2. The van der Waals surface area contributed by atoms with Crippen molar-refractivity contribution in [2.75, 3.05) is 7.11 Å². The maximum Gasteiger partial charge on any atom is 0.338 e. The summed E-state index contributed by atoms with van der Waals surface area (Å²) in [7, 11) is 1.40. The number of methoxy groups -OCH3 is 1. The van der Waals surface area contributed by atoms with E-state index in [0.29, 0.717) is 17.2 Å². The first-order valence-corrected chi connectivity index (χ1v) is 8.77. The summed E-state index contributed by atoms with van der Waals surface area (Å²) >= 11 is 0. The maximum absolute atomic E-state index is 12.0. The molecule has 3 unspecified atom stereocenters. The molecule has 0 amide bonds. The Morgan fingerprint density at radius 1 is 1.24 bits per heavy atom. The van der Waals surface area contributed by atoms with E-state index >= 15 is 0 Å². The molecule has 0 spiro atoms. The summed E-state index contributed by atoms with van der Waals surface area (Å²) in [5, 5.41) is 0. The van der Waals surface area contributed by atoms with Crippen LogP contribution in [0.1, 0.15) is 47.2 Å². The van der Waals surface area contributed by atoms with E-state index in [2.05, 4.69) is 31.2 Å². The van der Waals surface area contributed by atoms with E-state index in [1.165, 1.54) is 12.7 Å². The van der Waals surface area contributed by atoms with E-state index < -0.39 is 0 Å². The van der Waals surface area contributed by atoms with Crippen LogP contribution in [-0.4, -0.2) is 19.3 Å². The van der Waals surface area contributed by atoms with E-state index in [-0.39, 0.29) is 18.1 Å². The van der Waals surface area contributed by atoms with Crippen LogP contribution in [0.15, 0.2) is 48.5 Å². The number of carbonyl (C=O) groups is 1. The average molecular weight is 339 g/mol. The van der Waals surface area contributed by atoms with Gasteiger partial charge in [0.05, 0.1) is 12.7 Å². The lowest BCUT2D eigenvalue weighted by molar-refractivity contribution is 0.0591. The van der Waals surface area contributed by atoms with Gasteiger partial charge in [-0.15, -0.1) is 0 Å². The van der Waals surface area contributed by atoms with Gasteiger partial charge in [-0.25, -0.2) is 4.79 Å². The molecule has 0 saturated heterocycles. The largest absolute Gasteiger partial charge is 0.475 e. The zero-order valence-corrected chi connectivity index (χ0v) is 14.8. The third-order valence-electron chi connectivity index (χ3n) is 5.07. The number of benzene rings is 2. The van der Waals surface area contributed by atoms with Gasteiger partial charge in [0.1, 0.15) is 5.75 Å².